The molecule has 0 fully saturated rings. The number of hydrogen-bond acceptors (Lipinski definition) is 10. The molecule has 14 heteroatoms. The Balaban J connectivity index is 1.29. The van der Waals surface area contributed by atoms with E-state index in [1.165, 1.54) is 26.4 Å². The zero-order valence-electron chi connectivity index (χ0n) is 25.9. The molecule has 248 valence electrons. The highest BCUT2D eigenvalue weighted by atomic mass is 32.2. The number of methoxy groups -OCH3 is 2. The highest BCUT2D eigenvalue weighted by Crippen LogP contribution is 2.32. The number of benzene rings is 3. The Labute approximate surface area is 272 Å². The number of aliphatic hydroxyl groups excluding tert-OH is 1. The Hall–Kier alpha value is -4.76. The molecular formula is C33H36N4O9S. The van der Waals surface area contributed by atoms with Crippen LogP contribution in [-0.4, -0.2) is 86.5 Å². The first-order chi connectivity index (χ1) is 22.7. The van der Waals surface area contributed by atoms with Crippen LogP contribution in [0.4, 0.5) is 0 Å². The van der Waals surface area contributed by atoms with Gasteiger partial charge in [0.15, 0.2) is 5.76 Å². The largest absolute Gasteiger partial charge is 0.497 e. The second-order valence-electron chi connectivity index (χ2n) is 10.6. The minimum absolute atomic E-state index is 0.0254. The average Bonchev–Trinajstić information content (AvgIpc) is 3.53. The van der Waals surface area contributed by atoms with E-state index in [1.54, 1.807) is 42.5 Å². The zero-order chi connectivity index (χ0) is 33.4. The van der Waals surface area contributed by atoms with E-state index in [4.69, 9.17) is 18.9 Å². The fourth-order valence-corrected chi connectivity index (χ4v) is 6.54. The number of sulfonamides is 1. The molecule has 0 spiro atoms. The Morgan fingerprint density at radius 1 is 1.04 bits per heavy atom. The van der Waals surface area contributed by atoms with Gasteiger partial charge in [-0.3, -0.25) is 4.79 Å². The van der Waals surface area contributed by atoms with Crippen LogP contribution in [0.3, 0.4) is 0 Å². The van der Waals surface area contributed by atoms with Crippen LogP contribution >= 0.6 is 0 Å². The van der Waals surface area contributed by atoms with Crippen molar-refractivity contribution < 1.29 is 42.1 Å². The lowest BCUT2D eigenvalue weighted by Gasteiger charge is -2.30. The fraction of sp³-hybridized carbons (Fsp3) is 0.303. The van der Waals surface area contributed by atoms with Gasteiger partial charge in [-0.15, -0.1) is 0 Å². The van der Waals surface area contributed by atoms with Gasteiger partial charge in [0.1, 0.15) is 11.6 Å². The molecule has 2 atom stereocenters. The smallest absolute Gasteiger partial charge is 0.337 e. The van der Waals surface area contributed by atoms with Crippen LogP contribution < -0.4 is 10.1 Å². The summed E-state index contributed by atoms with van der Waals surface area (Å²) >= 11 is 0. The van der Waals surface area contributed by atoms with E-state index in [0.717, 1.165) is 20.9 Å². The first-order valence-corrected chi connectivity index (χ1v) is 16.3. The summed E-state index contributed by atoms with van der Waals surface area (Å²) in [4.78, 5) is 33.0. The van der Waals surface area contributed by atoms with E-state index in [1.807, 2.05) is 24.3 Å². The molecular weight excluding hydrogens is 628 g/mol. The normalized spacial score (nSPS) is 16.4. The fourth-order valence-electron chi connectivity index (χ4n) is 5.12. The SMILES string of the molecule is COC(=O)c1ccc(C2C=C(C(=O)NCc3nc4ccccc4[nH]3)OC(OCCN(CCO)S(=O)(=O)c3ccc(OC)cc3)C2)cc1. The molecule has 1 aliphatic heterocycles. The summed E-state index contributed by atoms with van der Waals surface area (Å²) in [6, 6.07) is 20.3. The Kier molecular flexibility index (Phi) is 10.9. The molecule has 1 aliphatic rings. The molecule has 5 rings (SSSR count). The van der Waals surface area contributed by atoms with E-state index in [0.29, 0.717) is 23.6 Å². The molecule has 2 unspecified atom stereocenters. The monoisotopic (exact) mass is 664 g/mol. The van der Waals surface area contributed by atoms with Gasteiger partial charge < -0.3 is 34.4 Å². The van der Waals surface area contributed by atoms with Gasteiger partial charge in [-0.2, -0.15) is 4.31 Å². The number of aliphatic hydroxyl groups is 1. The number of nitrogens with zero attached hydrogens (tertiary/aromatic N) is 2. The number of aromatic amines is 1. The average molecular weight is 665 g/mol. The van der Waals surface area contributed by atoms with Crippen molar-refractivity contribution in [3.8, 4) is 5.75 Å². The molecule has 0 aliphatic carbocycles. The number of aromatic nitrogens is 2. The van der Waals surface area contributed by atoms with Crippen LogP contribution in [0, 0.1) is 0 Å². The van der Waals surface area contributed by atoms with Crippen molar-refractivity contribution in [2.45, 2.75) is 30.1 Å². The highest BCUT2D eigenvalue weighted by molar-refractivity contribution is 7.89. The van der Waals surface area contributed by atoms with Gasteiger partial charge in [0.05, 0.1) is 55.5 Å². The van der Waals surface area contributed by atoms with Crippen LogP contribution in [0.25, 0.3) is 11.0 Å². The molecule has 13 nitrogen and oxygen atoms in total. The minimum Gasteiger partial charge on any atom is -0.497 e. The van der Waals surface area contributed by atoms with Crippen LogP contribution in [0.15, 0.2) is 89.5 Å². The van der Waals surface area contributed by atoms with Crippen molar-refractivity contribution in [3.63, 3.8) is 0 Å². The number of allylic oxidation sites excluding steroid dienone is 1. The Morgan fingerprint density at radius 3 is 2.47 bits per heavy atom. The predicted molar refractivity (Wildman–Crippen MR) is 171 cm³/mol. The second-order valence-corrected chi connectivity index (χ2v) is 12.5. The molecule has 4 aromatic rings. The number of imidazole rings is 1. The molecule has 0 bridgehead atoms. The summed E-state index contributed by atoms with van der Waals surface area (Å²) in [6.45, 7) is -0.574. The van der Waals surface area contributed by atoms with Gasteiger partial charge in [0, 0.05) is 25.4 Å². The lowest BCUT2D eigenvalue weighted by Crippen LogP contribution is -2.38. The van der Waals surface area contributed by atoms with Gasteiger partial charge in [-0.1, -0.05) is 24.3 Å². The standard InChI is InChI=1S/C33H36N4O9S/c1-43-25-11-13-26(14-12-25)47(41,42)37(15-17-38)16-18-45-31-20-24(22-7-9-23(10-8-22)33(40)44-2)19-29(46-31)32(39)34-21-30-35-27-5-3-4-6-28(27)36-30/h3-14,19,24,31,38H,15-18,20-21H2,1-2H3,(H,34,39)(H,35,36). The molecule has 3 aromatic carbocycles. The van der Waals surface area contributed by atoms with Crippen LogP contribution in [-0.2, 0) is 35.6 Å². The lowest BCUT2D eigenvalue weighted by atomic mass is 9.92. The van der Waals surface area contributed by atoms with Crippen LogP contribution in [0.5, 0.6) is 5.75 Å². The Morgan fingerprint density at radius 2 is 1.79 bits per heavy atom. The molecule has 47 heavy (non-hydrogen) atoms. The molecule has 1 aromatic heterocycles. The minimum atomic E-state index is -3.95. The molecule has 0 radical (unpaired) electrons. The molecule has 1 amide bonds. The van der Waals surface area contributed by atoms with Gasteiger partial charge in [-0.25, -0.2) is 18.2 Å². The van der Waals surface area contributed by atoms with Crippen molar-refractivity contribution in [1.29, 1.82) is 0 Å². The summed E-state index contributed by atoms with van der Waals surface area (Å²) in [5.74, 6) is -0.181. The zero-order valence-corrected chi connectivity index (χ0v) is 26.7. The van der Waals surface area contributed by atoms with E-state index in [2.05, 4.69) is 15.3 Å². The number of carbonyl (C=O) groups is 2. The van der Waals surface area contributed by atoms with Crippen LogP contribution in [0.2, 0.25) is 0 Å². The molecule has 0 saturated heterocycles. The van der Waals surface area contributed by atoms with Crippen molar-refractivity contribution in [2.24, 2.45) is 0 Å². The van der Waals surface area contributed by atoms with Crippen molar-refractivity contribution in [1.82, 2.24) is 19.6 Å². The predicted octanol–water partition coefficient (Wildman–Crippen LogP) is 3.09. The number of ether oxygens (including phenoxy) is 4. The Bertz CT molecular complexity index is 1790. The number of carbonyl (C=O) groups excluding carboxylic acids is 2. The first kappa shape index (κ1) is 33.6. The van der Waals surface area contributed by atoms with Crippen molar-refractivity contribution >= 4 is 32.9 Å². The first-order valence-electron chi connectivity index (χ1n) is 14.9. The maximum atomic E-state index is 13.3. The van der Waals surface area contributed by atoms with E-state index < -0.39 is 34.8 Å². The maximum Gasteiger partial charge on any atom is 0.337 e. The summed E-state index contributed by atoms with van der Waals surface area (Å²) in [5.41, 5.74) is 2.81. The lowest BCUT2D eigenvalue weighted by molar-refractivity contribution is -0.146. The second kappa shape index (κ2) is 15.2. The number of nitrogens with one attached hydrogen (secondary N) is 2. The molecule has 2 heterocycles. The highest BCUT2D eigenvalue weighted by Gasteiger charge is 2.30. The summed E-state index contributed by atoms with van der Waals surface area (Å²) in [5, 5.41) is 12.4. The number of hydrogen-bond donors (Lipinski definition) is 3. The number of H-pyrrole nitrogens is 1. The van der Waals surface area contributed by atoms with Crippen molar-refractivity contribution in [3.05, 3.63) is 102 Å². The topological polar surface area (TPSA) is 169 Å². The number of fused-ring (bicyclic) bond motifs is 1. The third kappa shape index (κ3) is 8.16. The van der Waals surface area contributed by atoms with E-state index in [9.17, 15) is 23.1 Å². The molecule has 0 saturated carbocycles. The van der Waals surface area contributed by atoms with Crippen LogP contribution in [0.1, 0.15) is 34.1 Å². The summed E-state index contributed by atoms with van der Waals surface area (Å²) in [6.07, 6.45) is 1.09. The molecule has 3 N–H and O–H groups in total. The maximum absolute atomic E-state index is 13.3. The van der Waals surface area contributed by atoms with E-state index in [-0.39, 0.29) is 42.8 Å². The number of esters is 1. The van der Waals surface area contributed by atoms with Gasteiger partial charge in [0.25, 0.3) is 5.91 Å². The summed E-state index contributed by atoms with van der Waals surface area (Å²) in [7, 11) is -1.16. The number of para-hydroxylation sites is 2. The van der Waals surface area contributed by atoms with Crippen molar-refractivity contribution in [2.75, 3.05) is 40.5 Å². The van der Waals surface area contributed by atoms with E-state index >= 15 is 0 Å². The third-order valence-corrected chi connectivity index (χ3v) is 9.50. The van der Waals surface area contributed by atoms with Gasteiger partial charge >= 0.3 is 5.97 Å². The summed E-state index contributed by atoms with van der Waals surface area (Å²) < 4.78 is 49.6. The quantitative estimate of drug-likeness (QED) is 0.170. The van der Waals surface area contributed by atoms with Gasteiger partial charge in [-0.05, 0) is 60.2 Å². The number of rotatable bonds is 14. The van der Waals surface area contributed by atoms with Gasteiger partial charge in [0.2, 0.25) is 16.3 Å². The third-order valence-electron chi connectivity index (χ3n) is 7.59. The number of amides is 1.